The third-order valence-corrected chi connectivity index (χ3v) is 7.60. The van der Waals surface area contributed by atoms with Gasteiger partial charge in [-0.05, 0) is 34.4 Å². The Morgan fingerprint density at radius 1 is 0.558 bits per heavy atom. The molecule has 0 unspecified atom stereocenters. The van der Waals surface area contributed by atoms with E-state index in [9.17, 15) is 0 Å². The molecule has 0 saturated heterocycles. The molecule has 0 aliphatic carbocycles. The van der Waals surface area contributed by atoms with Crippen LogP contribution >= 0.6 is 0 Å². The Bertz CT molecular complexity index is 2120. The summed E-state index contributed by atoms with van der Waals surface area (Å²) in [7, 11) is 0. The second-order valence-electron chi connectivity index (χ2n) is 10.2. The maximum atomic E-state index is 5.17. The molecule has 7 rings (SSSR count). The van der Waals surface area contributed by atoms with Crippen LogP contribution in [0.3, 0.4) is 0 Å². The number of para-hydroxylation sites is 2. The van der Waals surface area contributed by atoms with Gasteiger partial charge in [-0.1, -0.05) is 147 Å². The van der Waals surface area contributed by atoms with Gasteiger partial charge in [0.05, 0.1) is 11.0 Å². The van der Waals surface area contributed by atoms with E-state index in [0.29, 0.717) is 17.6 Å². The van der Waals surface area contributed by atoms with Crippen molar-refractivity contribution >= 4 is 27.4 Å². The predicted octanol–water partition coefficient (Wildman–Crippen LogP) is 9.73. The first kappa shape index (κ1) is 26.1. The minimum atomic E-state index is 0.558. The van der Waals surface area contributed by atoms with Crippen molar-refractivity contribution in [1.29, 1.82) is 0 Å². The van der Waals surface area contributed by atoms with E-state index in [1.165, 1.54) is 0 Å². The molecule has 0 amide bonds. The average molecular weight is 553 g/mol. The van der Waals surface area contributed by atoms with Crippen LogP contribution in [0.25, 0.3) is 67.2 Å². The minimum absolute atomic E-state index is 0.558. The zero-order valence-electron chi connectivity index (χ0n) is 23.6. The largest absolute Gasteiger partial charge is 0.278 e. The molecule has 4 heteroatoms. The van der Waals surface area contributed by atoms with Crippen molar-refractivity contribution in [3.05, 3.63) is 164 Å². The molecule has 0 bridgehead atoms. The lowest BCUT2D eigenvalue weighted by Crippen LogP contribution is -2.07. The van der Waals surface area contributed by atoms with E-state index < -0.39 is 0 Å². The maximum absolute atomic E-state index is 5.17. The number of allylic oxidation sites excluding steroid dienone is 4. The highest BCUT2D eigenvalue weighted by Gasteiger charge is 2.20. The molecule has 4 nitrogen and oxygen atoms in total. The number of benzene rings is 5. The quantitative estimate of drug-likeness (QED) is 0.185. The van der Waals surface area contributed by atoms with E-state index in [4.69, 9.17) is 15.0 Å². The van der Waals surface area contributed by atoms with Gasteiger partial charge in [0.15, 0.2) is 11.6 Å². The molecule has 2 aromatic heterocycles. The Hall–Kier alpha value is -5.87. The molecule has 43 heavy (non-hydrogen) atoms. The summed E-state index contributed by atoms with van der Waals surface area (Å²) in [6.45, 7) is 8.14. The van der Waals surface area contributed by atoms with Crippen LogP contribution in [0.4, 0.5) is 0 Å². The van der Waals surface area contributed by atoms with E-state index in [0.717, 1.165) is 55.2 Å². The van der Waals surface area contributed by atoms with E-state index in [2.05, 4.69) is 90.5 Å². The highest BCUT2D eigenvalue weighted by atomic mass is 15.2. The predicted molar refractivity (Wildman–Crippen MR) is 179 cm³/mol. The molecule has 0 radical (unpaired) electrons. The van der Waals surface area contributed by atoms with E-state index in [1.54, 1.807) is 6.08 Å². The van der Waals surface area contributed by atoms with Gasteiger partial charge in [-0.2, -0.15) is 9.97 Å². The molecule has 0 fully saturated rings. The van der Waals surface area contributed by atoms with Crippen LogP contribution in [0.2, 0.25) is 0 Å². The van der Waals surface area contributed by atoms with Crippen LogP contribution in [-0.4, -0.2) is 19.5 Å². The molecule has 204 valence electrons. The minimum Gasteiger partial charge on any atom is -0.278 e. The number of nitrogens with zero attached hydrogens (tertiary/aromatic N) is 4. The zero-order valence-corrected chi connectivity index (χ0v) is 23.6. The third-order valence-electron chi connectivity index (χ3n) is 7.60. The summed E-state index contributed by atoms with van der Waals surface area (Å²) in [5.74, 6) is 1.74. The second kappa shape index (κ2) is 11.2. The maximum Gasteiger partial charge on any atom is 0.238 e. The van der Waals surface area contributed by atoms with Gasteiger partial charge in [0.2, 0.25) is 5.95 Å². The van der Waals surface area contributed by atoms with Crippen LogP contribution in [0.15, 0.2) is 159 Å². The van der Waals surface area contributed by atoms with Gasteiger partial charge in [0.1, 0.15) is 0 Å². The first-order valence-corrected chi connectivity index (χ1v) is 14.2. The Kier molecular flexibility index (Phi) is 6.78. The summed E-state index contributed by atoms with van der Waals surface area (Å²) < 4.78 is 2.14. The number of hydrogen-bond acceptors (Lipinski definition) is 3. The van der Waals surface area contributed by atoms with Crippen LogP contribution in [0.1, 0.15) is 5.56 Å². The molecule has 0 saturated carbocycles. The summed E-state index contributed by atoms with van der Waals surface area (Å²) in [5, 5.41) is 2.30. The first-order valence-electron chi connectivity index (χ1n) is 14.2. The Labute approximate surface area is 250 Å². The summed E-state index contributed by atoms with van der Waals surface area (Å²) in [6.07, 6.45) is 5.58. The van der Waals surface area contributed by atoms with Crippen molar-refractivity contribution in [1.82, 2.24) is 19.5 Å². The van der Waals surface area contributed by atoms with Gasteiger partial charge in [-0.15, -0.1) is 0 Å². The van der Waals surface area contributed by atoms with E-state index in [-0.39, 0.29) is 0 Å². The van der Waals surface area contributed by atoms with Crippen molar-refractivity contribution in [2.75, 3.05) is 0 Å². The third kappa shape index (κ3) is 4.75. The molecule has 7 aromatic rings. The van der Waals surface area contributed by atoms with Crippen LogP contribution in [-0.2, 0) is 0 Å². The number of hydrogen-bond donors (Lipinski definition) is 0. The van der Waals surface area contributed by atoms with E-state index in [1.807, 2.05) is 66.7 Å². The SMILES string of the molecule is C=C/C=C\C(=C)c1ccccc1-c1nc(-c2ccccc2-c2ccccc2)nc(-n2c3ccccc3c3ccccc32)n1. The van der Waals surface area contributed by atoms with Crippen LogP contribution in [0.5, 0.6) is 0 Å². The molecular formula is C39H28N4. The lowest BCUT2D eigenvalue weighted by molar-refractivity contribution is 0.953. The van der Waals surface area contributed by atoms with Crippen molar-refractivity contribution in [3.63, 3.8) is 0 Å². The monoisotopic (exact) mass is 552 g/mol. The smallest absolute Gasteiger partial charge is 0.238 e. The van der Waals surface area contributed by atoms with Gasteiger partial charge in [0, 0.05) is 21.9 Å². The number of fused-ring (bicyclic) bond motifs is 3. The fourth-order valence-electron chi connectivity index (χ4n) is 5.62. The molecule has 0 aliphatic rings. The second-order valence-corrected chi connectivity index (χ2v) is 10.2. The van der Waals surface area contributed by atoms with Crippen molar-refractivity contribution in [2.45, 2.75) is 0 Å². The average Bonchev–Trinajstić information content (AvgIpc) is 3.42. The molecule has 2 heterocycles. The van der Waals surface area contributed by atoms with Crippen LogP contribution in [0, 0.1) is 0 Å². The number of rotatable bonds is 7. The lowest BCUT2D eigenvalue weighted by atomic mass is 9.98. The molecule has 0 atom stereocenters. The summed E-state index contributed by atoms with van der Waals surface area (Å²) in [6, 6.07) is 43.5. The topological polar surface area (TPSA) is 43.6 Å². The normalized spacial score (nSPS) is 11.3. The Balaban J connectivity index is 1.54. The molecule has 0 aliphatic heterocycles. The first-order chi connectivity index (χ1) is 21.2. The molecular weight excluding hydrogens is 524 g/mol. The van der Waals surface area contributed by atoms with Crippen molar-refractivity contribution in [3.8, 4) is 39.9 Å². The van der Waals surface area contributed by atoms with Gasteiger partial charge < -0.3 is 0 Å². The molecule has 0 spiro atoms. The van der Waals surface area contributed by atoms with E-state index >= 15 is 0 Å². The Morgan fingerprint density at radius 2 is 1.09 bits per heavy atom. The Morgan fingerprint density at radius 3 is 1.77 bits per heavy atom. The fourth-order valence-corrected chi connectivity index (χ4v) is 5.62. The standard InChI is InChI=1S/C39H28N4/c1-3-4-16-27(2)29-19-8-10-23-33(29)37-40-38(34-24-11-9-20-30(34)28-17-6-5-7-18-28)42-39(41-37)43-35-25-14-12-21-31(35)32-22-13-15-26-36(32)43/h3-26H,1-2H2/b16-4-. The molecule has 5 aromatic carbocycles. The van der Waals surface area contributed by atoms with Gasteiger partial charge in [-0.25, -0.2) is 4.98 Å². The highest BCUT2D eigenvalue weighted by molar-refractivity contribution is 6.09. The fraction of sp³-hybridized carbons (Fsp3) is 0. The molecule has 0 N–H and O–H groups in total. The highest BCUT2D eigenvalue weighted by Crippen LogP contribution is 2.35. The number of aromatic nitrogens is 4. The zero-order chi connectivity index (χ0) is 29.2. The summed E-state index contributed by atoms with van der Waals surface area (Å²) in [5.41, 5.74) is 7.83. The van der Waals surface area contributed by atoms with Crippen LogP contribution < -0.4 is 0 Å². The van der Waals surface area contributed by atoms with Gasteiger partial charge in [0.25, 0.3) is 0 Å². The summed E-state index contributed by atoms with van der Waals surface area (Å²) >= 11 is 0. The summed E-state index contributed by atoms with van der Waals surface area (Å²) in [4.78, 5) is 15.5. The van der Waals surface area contributed by atoms with Gasteiger partial charge in [-0.3, -0.25) is 4.57 Å². The van der Waals surface area contributed by atoms with Crippen molar-refractivity contribution < 1.29 is 0 Å². The van der Waals surface area contributed by atoms with Crippen molar-refractivity contribution in [2.24, 2.45) is 0 Å². The lowest BCUT2D eigenvalue weighted by Gasteiger charge is -2.15. The van der Waals surface area contributed by atoms with Gasteiger partial charge >= 0.3 is 0 Å².